The Bertz CT molecular complexity index is 1090. The summed E-state index contributed by atoms with van der Waals surface area (Å²) in [5.74, 6) is -0.201. The molecule has 0 amide bonds. The molecule has 51 heavy (non-hydrogen) atoms. The predicted octanol–water partition coefficient (Wildman–Crippen LogP) is 10.6. The molecule has 0 radical (unpaired) electrons. The van der Waals surface area contributed by atoms with Crippen molar-refractivity contribution in [3.8, 4) is 0 Å². The molecular formula is C41H69O9P. The lowest BCUT2D eigenvalue weighted by Gasteiger charge is -2.18. The van der Waals surface area contributed by atoms with Crippen LogP contribution in [0.4, 0.5) is 0 Å². The van der Waals surface area contributed by atoms with Gasteiger partial charge in [0.1, 0.15) is 6.61 Å². The average molecular weight is 737 g/mol. The quantitative estimate of drug-likeness (QED) is 0.0222. The molecule has 0 aromatic heterocycles. The minimum atomic E-state index is -4.77. The van der Waals surface area contributed by atoms with Gasteiger partial charge in [0.15, 0.2) is 6.10 Å². The van der Waals surface area contributed by atoms with E-state index in [0.717, 1.165) is 63.7 Å². The molecule has 0 aromatic rings. The summed E-state index contributed by atoms with van der Waals surface area (Å²) < 4.78 is 31.9. The van der Waals surface area contributed by atoms with E-state index in [4.69, 9.17) is 24.0 Å². The molecule has 1 saturated heterocycles. The van der Waals surface area contributed by atoms with Crippen LogP contribution in [-0.4, -0.2) is 53.3 Å². The number of carbonyl (C=O) groups is 2. The van der Waals surface area contributed by atoms with Crippen LogP contribution < -0.4 is 0 Å². The number of rotatable bonds is 33. The fraction of sp³-hybridized carbons (Fsp3) is 0.707. The zero-order chi connectivity index (χ0) is 37.4. The van der Waals surface area contributed by atoms with Crippen molar-refractivity contribution in [1.82, 2.24) is 0 Å². The van der Waals surface area contributed by atoms with Crippen LogP contribution in [0.1, 0.15) is 149 Å². The van der Waals surface area contributed by atoms with Crippen LogP contribution in [0.5, 0.6) is 0 Å². The molecule has 3 atom stereocenters. The van der Waals surface area contributed by atoms with E-state index < -0.39 is 32.5 Å². The first kappa shape index (κ1) is 46.7. The third kappa shape index (κ3) is 32.1. The van der Waals surface area contributed by atoms with Crippen LogP contribution in [0.25, 0.3) is 0 Å². The van der Waals surface area contributed by atoms with Crippen molar-refractivity contribution in [3.05, 3.63) is 60.8 Å². The lowest BCUT2D eigenvalue weighted by molar-refractivity contribution is -0.161. The Morgan fingerprint density at radius 1 is 0.667 bits per heavy atom. The van der Waals surface area contributed by atoms with Crippen molar-refractivity contribution < 1.29 is 42.7 Å². The smallest absolute Gasteiger partial charge is 0.462 e. The van der Waals surface area contributed by atoms with Crippen LogP contribution in [0.2, 0.25) is 0 Å². The molecule has 2 unspecified atom stereocenters. The van der Waals surface area contributed by atoms with E-state index in [1.54, 1.807) is 0 Å². The van der Waals surface area contributed by atoms with Crippen molar-refractivity contribution in [2.24, 2.45) is 5.92 Å². The van der Waals surface area contributed by atoms with Gasteiger partial charge in [0.05, 0.1) is 18.8 Å². The number of allylic oxidation sites excluding steroid dienone is 8. The third-order valence-electron chi connectivity index (χ3n) is 8.39. The summed E-state index contributed by atoms with van der Waals surface area (Å²) in [6.07, 6.45) is 40.0. The molecule has 292 valence electrons. The Labute approximate surface area is 309 Å². The minimum absolute atomic E-state index is 0.137. The molecule has 1 aliphatic rings. The monoisotopic (exact) mass is 736 g/mol. The number of hydrogen-bond acceptors (Lipinski definition) is 7. The van der Waals surface area contributed by atoms with Gasteiger partial charge < -0.3 is 24.0 Å². The van der Waals surface area contributed by atoms with E-state index in [9.17, 15) is 14.2 Å². The number of esters is 2. The Morgan fingerprint density at radius 2 is 1.18 bits per heavy atom. The van der Waals surface area contributed by atoms with Gasteiger partial charge in [-0.2, -0.15) is 0 Å². The van der Waals surface area contributed by atoms with E-state index in [1.807, 2.05) is 12.2 Å². The molecule has 0 aliphatic carbocycles. The van der Waals surface area contributed by atoms with Gasteiger partial charge in [-0.25, -0.2) is 4.57 Å². The highest BCUT2D eigenvalue weighted by Gasteiger charge is 2.35. The molecular weight excluding hydrogens is 667 g/mol. The molecule has 1 heterocycles. The van der Waals surface area contributed by atoms with Gasteiger partial charge in [-0.15, -0.1) is 0 Å². The normalized spacial score (nSPS) is 17.2. The van der Waals surface area contributed by atoms with Crippen LogP contribution in [0, 0.1) is 5.92 Å². The van der Waals surface area contributed by atoms with Gasteiger partial charge >= 0.3 is 19.8 Å². The van der Waals surface area contributed by atoms with E-state index in [1.165, 1.54) is 44.9 Å². The topological polar surface area (TPSA) is 132 Å². The number of hydrogen-bond donors (Lipinski definition) is 2. The standard InChI is InChI=1S/C41H69O9P/c1-4-5-24-30-38-39(50-38)31-26-21-17-13-8-6-7-9-14-18-22-27-32-40(42)47-34-37(35-48-51(44,45)46)49-41(43)33-28-23-19-15-11-10-12-16-20-25-29-36(2)3/h5,7-9,13,18,21-22,24,26,36-39H,4,6,10-12,14-17,19-20,23,25,27-35H2,1-3H3,(H2,44,45,46)/b9-7-,13-8-,22-18-,24-5-,26-21-/t37-,38?,39?/m1/s1. The number of carbonyl (C=O) groups excluding carboxylic acids is 2. The highest BCUT2D eigenvalue weighted by atomic mass is 31.2. The molecule has 0 bridgehead atoms. The SMILES string of the molecule is CC/C=C\CC1OC1C/C=C\C/C=C\C/C=C\C/C=C\CCC(=O)OC[C@H](COP(=O)(O)O)OC(=O)CCCCCCCCCCCCC(C)C. The lowest BCUT2D eigenvalue weighted by Crippen LogP contribution is -2.29. The largest absolute Gasteiger partial charge is 0.469 e. The summed E-state index contributed by atoms with van der Waals surface area (Å²) in [5.41, 5.74) is 0. The average Bonchev–Trinajstić information content (AvgIpc) is 3.83. The van der Waals surface area contributed by atoms with Gasteiger partial charge in [-0.3, -0.25) is 14.1 Å². The first-order chi connectivity index (χ1) is 24.6. The first-order valence-electron chi connectivity index (χ1n) is 19.6. The highest BCUT2D eigenvalue weighted by molar-refractivity contribution is 7.46. The van der Waals surface area contributed by atoms with E-state index in [2.05, 4.69) is 73.9 Å². The fourth-order valence-corrected chi connectivity index (χ4v) is 5.75. The Hall–Kier alpha value is -2.29. The maximum atomic E-state index is 12.4. The van der Waals surface area contributed by atoms with Crippen molar-refractivity contribution in [2.45, 2.75) is 167 Å². The number of unbranched alkanes of at least 4 members (excludes halogenated alkanes) is 9. The summed E-state index contributed by atoms with van der Waals surface area (Å²) in [4.78, 5) is 42.7. The van der Waals surface area contributed by atoms with Crippen LogP contribution >= 0.6 is 7.82 Å². The number of phosphoric ester groups is 1. The Kier molecular flexibility index (Phi) is 28.6. The maximum absolute atomic E-state index is 12.4. The van der Waals surface area contributed by atoms with Gasteiger partial charge in [0, 0.05) is 12.8 Å². The maximum Gasteiger partial charge on any atom is 0.469 e. The summed E-state index contributed by atoms with van der Waals surface area (Å²) in [6.45, 7) is 5.79. The van der Waals surface area contributed by atoms with Gasteiger partial charge in [-0.05, 0) is 57.3 Å². The van der Waals surface area contributed by atoms with Crippen LogP contribution in [0.15, 0.2) is 60.8 Å². The van der Waals surface area contributed by atoms with Crippen LogP contribution in [-0.2, 0) is 32.9 Å². The van der Waals surface area contributed by atoms with E-state index in [0.29, 0.717) is 25.0 Å². The number of epoxide rings is 1. The molecule has 9 nitrogen and oxygen atoms in total. The first-order valence-corrected chi connectivity index (χ1v) is 21.1. The van der Waals surface area contributed by atoms with Gasteiger partial charge in [-0.1, -0.05) is 146 Å². The van der Waals surface area contributed by atoms with Crippen molar-refractivity contribution in [3.63, 3.8) is 0 Å². The second kappa shape index (κ2) is 31.3. The summed E-state index contributed by atoms with van der Waals surface area (Å²) >= 11 is 0. The fourth-order valence-electron chi connectivity index (χ4n) is 5.39. The number of phosphoric acid groups is 1. The highest BCUT2D eigenvalue weighted by Crippen LogP contribution is 2.36. The molecule has 1 aliphatic heterocycles. The van der Waals surface area contributed by atoms with Crippen molar-refractivity contribution in [1.29, 1.82) is 0 Å². The second-order valence-corrected chi connectivity index (χ2v) is 15.0. The van der Waals surface area contributed by atoms with E-state index >= 15 is 0 Å². The summed E-state index contributed by atoms with van der Waals surface area (Å²) in [7, 11) is -4.77. The molecule has 10 heteroatoms. The second-order valence-electron chi connectivity index (χ2n) is 13.7. The third-order valence-corrected chi connectivity index (χ3v) is 8.88. The van der Waals surface area contributed by atoms with E-state index in [-0.39, 0.29) is 19.4 Å². The molecule has 1 fully saturated rings. The molecule has 2 N–H and O–H groups in total. The summed E-state index contributed by atoms with van der Waals surface area (Å²) in [5, 5.41) is 0. The lowest BCUT2D eigenvalue weighted by atomic mass is 10.0. The number of ether oxygens (including phenoxy) is 3. The van der Waals surface area contributed by atoms with Crippen molar-refractivity contribution >= 4 is 19.8 Å². The van der Waals surface area contributed by atoms with Crippen molar-refractivity contribution in [2.75, 3.05) is 13.2 Å². The minimum Gasteiger partial charge on any atom is -0.462 e. The molecule has 0 aromatic carbocycles. The van der Waals surface area contributed by atoms with Gasteiger partial charge in [0.25, 0.3) is 0 Å². The van der Waals surface area contributed by atoms with Crippen LogP contribution in [0.3, 0.4) is 0 Å². The predicted molar refractivity (Wildman–Crippen MR) is 206 cm³/mol. The summed E-state index contributed by atoms with van der Waals surface area (Å²) in [6, 6.07) is 0. The zero-order valence-corrected chi connectivity index (χ0v) is 32.7. The van der Waals surface area contributed by atoms with Gasteiger partial charge in [0.2, 0.25) is 0 Å². The Morgan fingerprint density at radius 3 is 1.73 bits per heavy atom. The molecule has 0 spiro atoms. The molecule has 0 saturated carbocycles. The Balaban J connectivity index is 2.13. The molecule has 1 rings (SSSR count). The zero-order valence-electron chi connectivity index (χ0n) is 31.8.